The van der Waals surface area contributed by atoms with Crippen LogP contribution in [-0.4, -0.2) is 23.6 Å². The van der Waals surface area contributed by atoms with Crippen molar-refractivity contribution in [2.24, 2.45) is 0 Å². The first kappa shape index (κ1) is 17.7. The number of nitrogens with one attached hydrogen (secondary N) is 1. The predicted molar refractivity (Wildman–Crippen MR) is 102 cm³/mol. The number of benzene rings is 1. The standard InChI is InChI=1S/C18H20Br2N2O2/c1-2-24-13-6-3-12(4-7-13)5-8-16(23)22-15-9-10-21-11-14(15)17(19)18(22)20/h3-4,6-7,21H,2,5,8-11H2,1H3. The second kappa shape index (κ2) is 7.85. The number of carbonyl (C=O) groups is 1. The molecule has 0 aliphatic carbocycles. The van der Waals surface area contributed by atoms with Crippen molar-refractivity contribution in [3.63, 3.8) is 0 Å². The highest BCUT2D eigenvalue weighted by atomic mass is 79.9. The molecule has 0 amide bonds. The number of aryl methyl sites for hydroxylation is 1. The van der Waals surface area contributed by atoms with Gasteiger partial charge in [0, 0.05) is 37.2 Å². The number of hydrogen-bond acceptors (Lipinski definition) is 3. The van der Waals surface area contributed by atoms with Gasteiger partial charge in [0.05, 0.1) is 11.1 Å². The van der Waals surface area contributed by atoms with Crippen LogP contribution in [0.3, 0.4) is 0 Å². The van der Waals surface area contributed by atoms with E-state index >= 15 is 0 Å². The minimum absolute atomic E-state index is 0.125. The molecule has 0 fully saturated rings. The number of aromatic nitrogens is 1. The van der Waals surface area contributed by atoms with Crippen LogP contribution in [-0.2, 0) is 19.4 Å². The second-order valence-corrected chi connectivity index (χ2v) is 7.31. The Morgan fingerprint density at radius 2 is 2.04 bits per heavy atom. The average molecular weight is 456 g/mol. The molecule has 6 heteroatoms. The highest BCUT2D eigenvalue weighted by molar-refractivity contribution is 9.13. The number of fused-ring (bicyclic) bond motifs is 1. The molecule has 2 aromatic rings. The summed E-state index contributed by atoms with van der Waals surface area (Å²) in [6, 6.07) is 7.97. The molecule has 2 heterocycles. The van der Waals surface area contributed by atoms with Gasteiger partial charge in [-0.2, -0.15) is 0 Å². The number of ether oxygens (including phenoxy) is 1. The molecule has 0 bridgehead atoms. The molecule has 3 rings (SSSR count). The largest absolute Gasteiger partial charge is 0.494 e. The maximum atomic E-state index is 12.8. The van der Waals surface area contributed by atoms with E-state index in [-0.39, 0.29) is 5.91 Å². The van der Waals surface area contributed by atoms with E-state index in [1.54, 1.807) is 0 Å². The number of rotatable bonds is 5. The molecule has 1 aliphatic rings. The van der Waals surface area contributed by atoms with Crippen molar-refractivity contribution < 1.29 is 9.53 Å². The molecule has 4 nitrogen and oxygen atoms in total. The Balaban J connectivity index is 1.71. The number of hydrogen-bond donors (Lipinski definition) is 1. The molecule has 0 atom stereocenters. The Bertz CT molecular complexity index is 738. The van der Waals surface area contributed by atoms with Crippen LogP contribution in [0.4, 0.5) is 0 Å². The maximum absolute atomic E-state index is 12.8. The summed E-state index contributed by atoms with van der Waals surface area (Å²) in [7, 11) is 0. The molecule has 0 spiro atoms. The lowest BCUT2D eigenvalue weighted by atomic mass is 10.1. The number of carbonyl (C=O) groups excluding carboxylic acids is 1. The monoisotopic (exact) mass is 454 g/mol. The smallest absolute Gasteiger partial charge is 0.232 e. The third kappa shape index (κ3) is 3.60. The van der Waals surface area contributed by atoms with E-state index in [2.05, 4.69) is 37.2 Å². The quantitative estimate of drug-likeness (QED) is 0.729. The van der Waals surface area contributed by atoms with Crippen LogP contribution < -0.4 is 10.1 Å². The van der Waals surface area contributed by atoms with Crippen LogP contribution in [0.1, 0.15) is 35.0 Å². The normalized spacial score (nSPS) is 13.6. The van der Waals surface area contributed by atoms with E-state index in [9.17, 15) is 4.79 Å². The van der Waals surface area contributed by atoms with Crippen molar-refractivity contribution in [3.8, 4) is 5.75 Å². The number of nitrogens with zero attached hydrogens (tertiary/aromatic N) is 1. The van der Waals surface area contributed by atoms with E-state index < -0.39 is 0 Å². The van der Waals surface area contributed by atoms with Gasteiger partial charge in [0.1, 0.15) is 10.4 Å². The van der Waals surface area contributed by atoms with E-state index in [0.29, 0.717) is 13.0 Å². The van der Waals surface area contributed by atoms with Crippen LogP contribution in [0.25, 0.3) is 0 Å². The van der Waals surface area contributed by atoms with E-state index in [0.717, 1.165) is 52.0 Å². The maximum Gasteiger partial charge on any atom is 0.232 e. The van der Waals surface area contributed by atoms with Gasteiger partial charge in [0.25, 0.3) is 0 Å². The highest BCUT2D eigenvalue weighted by Gasteiger charge is 2.25. The topological polar surface area (TPSA) is 43.3 Å². The van der Waals surface area contributed by atoms with Gasteiger partial charge in [0.15, 0.2) is 0 Å². The third-order valence-electron chi connectivity index (χ3n) is 4.21. The molecule has 1 N–H and O–H groups in total. The molecule has 1 aromatic carbocycles. The van der Waals surface area contributed by atoms with Crippen LogP contribution in [0.15, 0.2) is 33.3 Å². The van der Waals surface area contributed by atoms with Crippen LogP contribution in [0.2, 0.25) is 0 Å². The molecule has 0 unspecified atom stereocenters. The molecule has 0 radical (unpaired) electrons. The molecule has 24 heavy (non-hydrogen) atoms. The molecule has 0 saturated carbocycles. The van der Waals surface area contributed by atoms with Crippen LogP contribution >= 0.6 is 31.9 Å². The van der Waals surface area contributed by atoms with Crippen molar-refractivity contribution in [1.82, 2.24) is 9.88 Å². The number of halogens is 2. The fourth-order valence-corrected chi connectivity index (χ4v) is 4.20. The zero-order chi connectivity index (χ0) is 17.1. The molecule has 0 saturated heterocycles. The van der Waals surface area contributed by atoms with Crippen molar-refractivity contribution in [2.75, 3.05) is 13.2 Å². The van der Waals surface area contributed by atoms with Crippen LogP contribution in [0.5, 0.6) is 5.75 Å². The first-order chi connectivity index (χ1) is 11.6. The molecule has 1 aliphatic heterocycles. The summed E-state index contributed by atoms with van der Waals surface area (Å²) in [5.41, 5.74) is 3.44. The zero-order valence-corrected chi connectivity index (χ0v) is 16.7. The first-order valence-corrected chi connectivity index (χ1v) is 9.73. The summed E-state index contributed by atoms with van der Waals surface area (Å²) in [6.07, 6.45) is 2.07. The van der Waals surface area contributed by atoms with Gasteiger partial charge >= 0.3 is 0 Å². The summed E-state index contributed by atoms with van der Waals surface area (Å²) in [5.74, 6) is 0.992. The summed E-state index contributed by atoms with van der Waals surface area (Å²) in [6.45, 7) is 4.33. The lowest BCUT2D eigenvalue weighted by molar-refractivity contribution is 0.0897. The van der Waals surface area contributed by atoms with Crippen molar-refractivity contribution in [3.05, 3.63) is 50.2 Å². The van der Waals surface area contributed by atoms with Gasteiger partial charge in [0.2, 0.25) is 5.91 Å². The zero-order valence-electron chi connectivity index (χ0n) is 13.6. The lowest BCUT2D eigenvalue weighted by Crippen LogP contribution is -2.26. The molecule has 1 aromatic heterocycles. The Morgan fingerprint density at radius 1 is 1.29 bits per heavy atom. The lowest BCUT2D eigenvalue weighted by Gasteiger charge is -2.16. The Labute approximate surface area is 158 Å². The van der Waals surface area contributed by atoms with Gasteiger partial charge in [-0.3, -0.25) is 9.36 Å². The second-order valence-electron chi connectivity index (χ2n) is 5.76. The van der Waals surface area contributed by atoms with E-state index in [1.165, 1.54) is 5.56 Å². The van der Waals surface area contributed by atoms with E-state index in [1.807, 2.05) is 35.8 Å². The van der Waals surface area contributed by atoms with Gasteiger partial charge in [-0.05, 0) is 62.9 Å². The van der Waals surface area contributed by atoms with Crippen molar-refractivity contribution in [2.45, 2.75) is 32.7 Å². The molecular formula is C18H20Br2N2O2. The predicted octanol–water partition coefficient (Wildman–Crippen LogP) is 4.33. The summed E-state index contributed by atoms with van der Waals surface area (Å²) >= 11 is 7.17. The molecule has 128 valence electrons. The fraction of sp³-hybridized carbons (Fsp3) is 0.389. The van der Waals surface area contributed by atoms with Crippen molar-refractivity contribution >= 4 is 37.8 Å². The van der Waals surface area contributed by atoms with Gasteiger partial charge in [-0.25, -0.2) is 0 Å². The van der Waals surface area contributed by atoms with Gasteiger partial charge < -0.3 is 10.1 Å². The fourth-order valence-electron chi connectivity index (χ4n) is 3.01. The van der Waals surface area contributed by atoms with E-state index in [4.69, 9.17) is 4.74 Å². The first-order valence-electron chi connectivity index (χ1n) is 8.15. The molecular weight excluding hydrogens is 436 g/mol. The van der Waals surface area contributed by atoms with Crippen LogP contribution in [0, 0.1) is 0 Å². The average Bonchev–Trinajstić information content (AvgIpc) is 2.86. The Morgan fingerprint density at radius 3 is 2.75 bits per heavy atom. The highest BCUT2D eigenvalue weighted by Crippen LogP contribution is 2.34. The van der Waals surface area contributed by atoms with Crippen molar-refractivity contribution in [1.29, 1.82) is 0 Å². The Kier molecular flexibility index (Phi) is 5.79. The summed E-state index contributed by atoms with van der Waals surface area (Å²) < 4.78 is 9.09. The Hall–Kier alpha value is -1.11. The summed E-state index contributed by atoms with van der Waals surface area (Å²) in [4.78, 5) is 12.8. The SMILES string of the molecule is CCOc1ccc(CCC(=O)n2c(Br)c(Br)c3c2CCNC3)cc1. The van der Waals surface area contributed by atoms with Gasteiger partial charge in [-0.15, -0.1) is 0 Å². The minimum Gasteiger partial charge on any atom is -0.494 e. The van der Waals surface area contributed by atoms with Gasteiger partial charge in [-0.1, -0.05) is 12.1 Å². The minimum atomic E-state index is 0.125. The third-order valence-corrected chi connectivity index (χ3v) is 6.35. The summed E-state index contributed by atoms with van der Waals surface area (Å²) in [5, 5.41) is 3.35.